The number of amidine groups is 1. The Bertz CT molecular complexity index is 603. The van der Waals surface area contributed by atoms with Gasteiger partial charge in [0.25, 0.3) is 5.69 Å². The molecule has 0 aliphatic carbocycles. The second-order valence-corrected chi connectivity index (χ2v) is 5.34. The Kier molecular flexibility index (Phi) is 5.87. The number of hydrogen-bond acceptors (Lipinski definition) is 5. The molecule has 0 heterocycles. The zero-order valence-corrected chi connectivity index (χ0v) is 13.2. The number of aliphatic imine (C=N–C) groups is 1. The van der Waals surface area contributed by atoms with Crippen LogP contribution >= 0.6 is 50.9 Å². The first-order valence-electron chi connectivity index (χ1n) is 4.52. The highest BCUT2D eigenvalue weighted by molar-refractivity contribution is 9.10. The summed E-state index contributed by atoms with van der Waals surface area (Å²) in [6.45, 7) is 0. The Morgan fingerprint density at radius 2 is 2.32 bits per heavy atom. The SMILES string of the molecule is CSC(=Nc1c([N+](=O)[O-])cc(Cl)c(Cl)c1Br)NC#N. The molecule has 1 rings (SSSR count). The van der Waals surface area contributed by atoms with Gasteiger partial charge in [-0.2, -0.15) is 5.26 Å². The molecular formula is C9H5BrCl2N4O2S. The zero-order chi connectivity index (χ0) is 14.6. The van der Waals surface area contributed by atoms with Gasteiger partial charge in [-0.15, -0.1) is 0 Å². The van der Waals surface area contributed by atoms with Crippen LogP contribution in [0.1, 0.15) is 0 Å². The molecule has 0 aliphatic heterocycles. The molecule has 0 aliphatic rings. The highest BCUT2D eigenvalue weighted by atomic mass is 79.9. The third kappa shape index (κ3) is 3.73. The van der Waals surface area contributed by atoms with Gasteiger partial charge in [-0.1, -0.05) is 35.0 Å². The van der Waals surface area contributed by atoms with E-state index in [1.807, 2.05) is 0 Å². The monoisotopic (exact) mass is 382 g/mol. The van der Waals surface area contributed by atoms with Gasteiger partial charge in [-0.25, -0.2) is 4.99 Å². The van der Waals surface area contributed by atoms with E-state index in [-0.39, 0.29) is 31.1 Å². The number of halogens is 3. The smallest absolute Gasteiger partial charge is 0.271 e. The van der Waals surface area contributed by atoms with Crippen molar-refractivity contribution >= 4 is 67.4 Å². The van der Waals surface area contributed by atoms with Crippen molar-refractivity contribution in [1.82, 2.24) is 5.32 Å². The van der Waals surface area contributed by atoms with Gasteiger partial charge in [0.1, 0.15) is 0 Å². The second-order valence-electron chi connectivity index (χ2n) is 2.97. The van der Waals surface area contributed by atoms with Crippen LogP contribution in [-0.2, 0) is 0 Å². The number of nitro groups is 1. The molecule has 6 nitrogen and oxygen atoms in total. The number of thioether (sulfide) groups is 1. The molecule has 0 saturated carbocycles. The molecule has 1 aromatic carbocycles. The maximum absolute atomic E-state index is 11.0. The van der Waals surface area contributed by atoms with Crippen LogP contribution in [0, 0.1) is 21.6 Å². The molecule has 0 radical (unpaired) electrons. The summed E-state index contributed by atoms with van der Waals surface area (Å²) in [5, 5.41) is 22.2. The van der Waals surface area contributed by atoms with Gasteiger partial charge >= 0.3 is 0 Å². The summed E-state index contributed by atoms with van der Waals surface area (Å²) in [6.07, 6.45) is 3.35. The highest BCUT2D eigenvalue weighted by Crippen LogP contribution is 2.44. The predicted octanol–water partition coefficient (Wildman–Crippen LogP) is 4.09. The van der Waals surface area contributed by atoms with E-state index in [2.05, 4.69) is 26.2 Å². The summed E-state index contributed by atoms with van der Waals surface area (Å²) in [5.74, 6) is 0. The molecule has 0 atom stereocenters. The lowest BCUT2D eigenvalue weighted by Crippen LogP contribution is -2.12. The average Bonchev–Trinajstić information content (AvgIpc) is 2.37. The van der Waals surface area contributed by atoms with Gasteiger partial charge in [0, 0.05) is 6.07 Å². The van der Waals surface area contributed by atoms with Crippen LogP contribution in [-0.4, -0.2) is 16.3 Å². The molecular weight excluding hydrogens is 379 g/mol. The lowest BCUT2D eigenvalue weighted by Gasteiger charge is -2.06. The molecule has 0 aromatic heterocycles. The summed E-state index contributed by atoms with van der Waals surface area (Å²) < 4.78 is 0.194. The van der Waals surface area contributed by atoms with Crippen LogP contribution < -0.4 is 5.32 Å². The molecule has 0 bridgehead atoms. The van der Waals surface area contributed by atoms with E-state index in [4.69, 9.17) is 28.5 Å². The van der Waals surface area contributed by atoms with Gasteiger partial charge in [0.15, 0.2) is 17.0 Å². The molecule has 0 unspecified atom stereocenters. The summed E-state index contributed by atoms with van der Waals surface area (Å²) in [6, 6.07) is 1.11. The van der Waals surface area contributed by atoms with Crippen LogP contribution in [0.2, 0.25) is 10.0 Å². The van der Waals surface area contributed by atoms with E-state index in [9.17, 15) is 10.1 Å². The van der Waals surface area contributed by atoms with Crippen LogP contribution in [0.25, 0.3) is 0 Å². The van der Waals surface area contributed by atoms with Crippen molar-refractivity contribution in [1.29, 1.82) is 5.26 Å². The molecule has 1 N–H and O–H groups in total. The number of hydrogen-bond donors (Lipinski definition) is 1. The van der Waals surface area contributed by atoms with E-state index in [0.717, 1.165) is 17.8 Å². The Morgan fingerprint density at radius 3 is 2.79 bits per heavy atom. The van der Waals surface area contributed by atoms with Gasteiger partial charge in [-0.3, -0.25) is 15.4 Å². The van der Waals surface area contributed by atoms with E-state index in [1.54, 1.807) is 12.4 Å². The Labute approximate surface area is 131 Å². The van der Waals surface area contributed by atoms with Crippen molar-refractivity contribution in [2.75, 3.05) is 6.26 Å². The minimum absolute atomic E-state index is 0.00787. The molecule has 0 amide bonds. The van der Waals surface area contributed by atoms with Crippen LogP contribution in [0.5, 0.6) is 0 Å². The fourth-order valence-corrected chi connectivity index (χ4v) is 2.38. The molecule has 19 heavy (non-hydrogen) atoms. The number of rotatable bonds is 2. The quantitative estimate of drug-likeness (QED) is 0.158. The third-order valence-electron chi connectivity index (χ3n) is 1.88. The predicted molar refractivity (Wildman–Crippen MR) is 80.2 cm³/mol. The number of nitrogens with one attached hydrogen (secondary N) is 1. The van der Waals surface area contributed by atoms with Crippen molar-refractivity contribution in [3.8, 4) is 6.19 Å². The van der Waals surface area contributed by atoms with Crippen LogP contribution in [0.3, 0.4) is 0 Å². The lowest BCUT2D eigenvalue weighted by atomic mass is 10.3. The molecule has 0 fully saturated rings. The number of nitriles is 1. The topological polar surface area (TPSA) is 91.3 Å². The van der Waals surface area contributed by atoms with E-state index in [0.29, 0.717) is 0 Å². The van der Waals surface area contributed by atoms with E-state index < -0.39 is 4.92 Å². The van der Waals surface area contributed by atoms with Crippen molar-refractivity contribution in [3.05, 3.63) is 30.7 Å². The Balaban J connectivity index is 3.53. The summed E-state index contributed by atoms with van der Waals surface area (Å²) in [4.78, 5) is 14.4. The van der Waals surface area contributed by atoms with Crippen LogP contribution in [0.4, 0.5) is 11.4 Å². The Hall–Kier alpha value is -1.01. The summed E-state index contributed by atoms with van der Waals surface area (Å²) in [5.41, 5.74) is -0.320. The van der Waals surface area contributed by atoms with Gasteiger partial charge in [0.05, 0.1) is 19.4 Å². The maximum atomic E-state index is 11.0. The van der Waals surface area contributed by atoms with Gasteiger partial charge in [0.2, 0.25) is 0 Å². The largest absolute Gasteiger partial charge is 0.297 e. The Morgan fingerprint density at radius 1 is 1.68 bits per heavy atom. The average molecular weight is 384 g/mol. The van der Waals surface area contributed by atoms with Crippen molar-refractivity contribution in [2.24, 2.45) is 4.99 Å². The normalized spacial score (nSPS) is 11.0. The second kappa shape index (κ2) is 6.96. The first-order chi connectivity index (χ1) is 8.92. The molecule has 0 saturated heterocycles. The van der Waals surface area contributed by atoms with E-state index in [1.165, 1.54) is 0 Å². The fourth-order valence-electron chi connectivity index (χ4n) is 1.09. The first-order valence-corrected chi connectivity index (χ1v) is 7.29. The summed E-state index contributed by atoms with van der Waals surface area (Å²) >= 11 is 15.9. The minimum Gasteiger partial charge on any atom is -0.271 e. The number of benzene rings is 1. The van der Waals surface area contributed by atoms with Gasteiger partial charge < -0.3 is 0 Å². The number of nitro benzene ring substituents is 1. The molecule has 100 valence electrons. The number of nitrogens with zero attached hydrogens (tertiary/aromatic N) is 3. The van der Waals surface area contributed by atoms with E-state index >= 15 is 0 Å². The minimum atomic E-state index is -0.629. The van der Waals surface area contributed by atoms with Crippen molar-refractivity contribution in [2.45, 2.75) is 0 Å². The molecule has 10 heteroatoms. The highest BCUT2D eigenvalue weighted by Gasteiger charge is 2.22. The maximum Gasteiger partial charge on any atom is 0.297 e. The molecule has 1 aromatic rings. The fraction of sp³-hybridized carbons (Fsp3) is 0.111. The van der Waals surface area contributed by atoms with Crippen molar-refractivity contribution in [3.63, 3.8) is 0 Å². The lowest BCUT2D eigenvalue weighted by molar-refractivity contribution is -0.384. The standard InChI is InChI=1S/C9H5BrCl2N4O2S/c1-19-9(14-3-13)15-8-5(16(17)18)2-4(11)7(12)6(8)10/h2H,1H3,(H,14,15). The summed E-state index contributed by atoms with van der Waals surface area (Å²) in [7, 11) is 0. The molecule has 0 spiro atoms. The first kappa shape index (κ1) is 16.0. The van der Waals surface area contributed by atoms with Gasteiger partial charge in [-0.05, 0) is 22.2 Å². The third-order valence-corrected chi connectivity index (χ3v) is 4.25. The zero-order valence-electron chi connectivity index (χ0n) is 9.28. The van der Waals surface area contributed by atoms with Crippen LogP contribution in [0.15, 0.2) is 15.5 Å². The van der Waals surface area contributed by atoms with Crippen molar-refractivity contribution < 1.29 is 4.92 Å².